The summed E-state index contributed by atoms with van der Waals surface area (Å²) in [7, 11) is 0. The van der Waals surface area contributed by atoms with Crippen LogP contribution in [0.4, 0.5) is 0 Å². The van der Waals surface area contributed by atoms with Crippen LogP contribution in [0, 0.1) is 0 Å². The summed E-state index contributed by atoms with van der Waals surface area (Å²) >= 11 is 0. The minimum absolute atomic E-state index is 0.479. The van der Waals surface area contributed by atoms with E-state index < -0.39 is 48.6 Å². The highest BCUT2D eigenvalue weighted by atomic mass is 16.6. The first-order chi connectivity index (χ1) is 8.47. The average Bonchev–Trinajstić information content (AvgIpc) is 2.82. The predicted octanol–water partition coefficient (Wildman–Crippen LogP) is -3.31. The number of nitrogens with zero attached hydrogens (tertiary/aromatic N) is 3. The van der Waals surface area contributed by atoms with Crippen molar-refractivity contribution in [1.29, 1.82) is 0 Å². The molecule has 0 radical (unpaired) electrons. The Balaban J connectivity index is 2.30. The van der Waals surface area contributed by atoms with Crippen LogP contribution in [-0.4, -0.2) is 66.2 Å². The van der Waals surface area contributed by atoms with Crippen molar-refractivity contribution in [3.8, 4) is 5.88 Å². The first kappa shape index (κ1) is 12.7. The second-order valence-corrected chi connectivity index (χ2v) is 3.80. The van der Waals surface area contributed by atoms with Crippen molar-refractivity contribution >= 4 is 5.91 Å². The number of hydrogen-bond acceptors (Lipinski definition) is 8. The molecule has 0 saturated carbocycles. The van der Waals surface area contributed by atoms with Crippen LogP contribution in [0.5, 0.6) is 5.88 Å². The Kier molecular flexibility index (Phi) is 3.17. The molecule has 1 amide bonds. The number of primary amides is 1. The van der Waals surface area contributed by atoms with Gasteiger partial charge >= 0.3 is 0 Å². The van der Waals surface area contributed by atoms with Gasteiger partial charge in [-0.05, 0) is 0 Å². The lowest BCUT2D eigenvalue weighted by atomic mass is 10.1. The summed E-state index contributed by atoms with van der Waals surface area (Å²) in [6.45, 7) is -0.521. The van der Waals surface area contributed by atoms with Gasteiger partial charge in [0.1, 0.15) is 18.3 Å². The van der Waals surface area contributed by atoms with E-state index in [2.05, 4.69) is 10.3 Å². The van der Waals surface area contributed by atoms with Crippen LogP contribution in [0.25, 0.3) is 0 Å². The van der Waals surface area contributed by atoms with E-state index >= 15 is 0 Å². The van der Waals surface area contributed by atoms with Crippen molar-refractivity contribution < 1.29 is 30.0 Å². The van der Waals surface area contributed by atoms with E-state index in [9.17, 15) is 20.1 Å². The Morgan fingerprint density at radius 3 is 2.56 bits per heavy atom. The molecular weight excluding hydrogens is 248 g/mol. The van der Waals surface area contributed by atoms with E-state index in [-0.39, 0.29) is 0 Å². The van der Waals surface area contributed by atoms with Gasteiger partial charge in [0.05, 0.1) is 6.61 Å². The first-order valence-electron chi connectivity index (χ1n) is 5.03. The number of amides is 1. The third-order valence-corrected chi connectivity index (χ3v) is 2.66. The van der Waals surface area contributed by atoms with E-state index in [0.29, 0.717) is 4.68 Å². The van der Waals surface area contributed by atoms with Crippen molar-refractivity contribution in [1.82, 2.24) is 15.0 Å². The molecule has 6 N–H and O–H groups in total. The quantitative estimate of drug-likeness (QED) is 0.377. The lowest BCUT2D eigenvalue weighted by molar-refractivity contribution is -0.0622. The van der Waals surface area contributed by atoms with Crippen LogP contribution in [0.3, 0.4) is 0 Å². The van der Waals surface area contributed by atoms with Crippen molar-refractivity contribution in [3.63, 3.8) is 0 Å². The van der Waals surface area contributed by atoms with E-state index in [0.717, 1.165) is 0 Å². The zero-order valence-corrected chi connectivity index (χ0v) is 9.04. The molecule has 1 aliphatic heterocycles. The molecule has 0 spiro atoms. The first-order valence-corrected chi connectivity index (χ1v) is 5.03. The fourth-order valence-electron chi connectivity index (χ4n) is 1.70. The third kappa shape index (κ3) is 1.80. The van der Waals surface area contributed by atoms with Crippen LogP contribution in [0.1, 0.15) is 16.7 Å². The highest BCUT2D eigenvalue weighted by Crippen LogP contribution is 2.31. The van der Waals surface area contributed by atoms with Gasteiger partial charge in [-0.25, -0.2) is 0 Å². The molecule has 0 unspecified atom stereocenters. The molecule has 2 heterocycles. The highest BCUT2D eigenvalue weighted by molar-refractivity contribution is 5.92. The van der Waals surface area contributed by atoms with Gasteiger partial charge in [-0.3, -0.25) is 4.79 Å². The molecule has 1 fully saturated rings. The Bertz CT molecular complexity index is 462. The number of nitrogens with two attached hydrogens (primary N) is 1. The molecule has 0 aromatic carbocycles. The standard InChI is InChI=1S/C8H12N4O6/c9-6(16)3-7(17)12(11-10-3)8-5(15)4(14)2(1-13)18-8/h2,4-5,8,13-15,17H,1H2,(H2,9,16)/t2-,4-,5-,8-/m1/s1. The molecular formula is C8H12N4O6. The molecule has 1 aromatic heterocycles. The summed E-state index contributed by atoms with van der Waals surface area (Å²) in [5.41, 5.74) is 4.46. The molecule has 10 nitrogen and oxygen atoms in total. The molecule has 18 heavy (non-hydrogen) atoms. The number of carbonyl (C=O) groups excluding carboxylic acids is 1. The maximum atomic E-state index is 10.9. The lowest BCUT2D eigenvalue weighted by Crippen LogP contribution is -2.33. The van der Waals surface area contributed by atoms with Crippen LogP contribution < -0.4 is 5.73 Å². The third-order valence-electron chi connectivity index (χ3n) is 2.66. The molecule has 1 aromatic rings. The van der Waals surface area contributed by atoms with Crippen molar-refractivity contribution in [2.45, 2.75) is 24.5 Å². The van der Waals surface area contributed by atoms with Gasteiger partial charge < -0.3 is 30.9 Å². The van der Waals surface area contributed by atoms with Gasteiger partial charge in [-0.2, -0.15) is 4.68 Å². The van der Waals surface area contributed by atoms with Gasteiger partial charge in [0.25, 0.3) is 5.91 Å². The van der Waals surface area contributed by atoms with Gasteiger partial charge in [-0.1, -0.05) is 5.21 Å². The Hall–Kier alpha value is -1.75. The minimum Gasteiger partial charge on any atom is -0.492 e. The summed E-state index contributed by atoms with van der Waals surface area (Å²) < 4.78 is 5.81. The lowest BCUT2D eigenvalue weighted by Gasteiger charge is -2.14. The summed E-state index contributed by atoms with van der Waals surface area (Å²) in [5.74, 6) is -1.68. The van der Waals surface area contributed by atoms with Gasteiger partial charge in [0, 0.05) is 0 Å². The van der Waals surface area contributed by atoms with Crippen molar-refractivity contribution in [2.75, 3.05) is 6.61 Å². The molecule has 1 aliphatic rings. The van der Waals surface area contributed by atoms with Gasteiger partial charge in [0.15, 0.2) is 6.23 Å². The predicted molar refractivity (Wildman–Crippen MR) is 53.2 cm³/mol. The average molecular weight is 260 g/mol. The fraction of sp³-hybridized carbons (Fsp3) is 0.625. The SMILES string of the molecule is NC(=O)c1nnn([C@@H]2O[C@H](CO)[C@@H](O)[C@H]2O)c1O. The summed E-state index contributed by atoms with van der Waals surface area (Å²) in [6, 6.07) is 0. The molecule has 0 bridgehead atoms. The summed E-state index contributed by atoms with van der Waals surface area (Å²) in [5, 5.41) is 44.5. The van der Waals surface area contributed by atoms with Crippen LogP contribution in [0.2, 0.25) is 0 Å². The summed E-state index contributed by atoms with van der Waals surface area (Å²) in [4.78, 5) is 10.9. The molecule has 4 atom stereocenters. The zero-order valence-electron chi connectivity index (χ0n) is 9.04. The van der Waals surface area contributed by atoms with Crippen molar-refractivity contribution in [2.24, 2.45) is 5.73 Å². The van der Waals surface area contributed by atoms with E-state index in [1.54, 1.807) is 0 Å². The number of ether oxygens (including phenoxy) is 1. The Morgan fingerprint density at radius 2 is 2.11 bits per heavy atom. The van der Waals surface area contributed by atoms with Crippen LogP contribution >= 0.6 is 0 Å². The number of rotatable bonds is 3. The fourth-order valence-corrected chi connectivity index (χ4v) is 1.70. The van der Waals surface area contributed by atoms with Crippen LogP contribution in [0.15, 0.2) is 0 Å². The van der Waals surface area contributed by atoms with E-state index in [1.807, 2.05) is 0 Å². The number of aromatic nitrogens is 3. The van der Waals surface area contributed by atoms with Crippen molar-refractivity contribution in [3.05, 3.63) is 5.69 Å². The molecule has 1 saturated heterocycles. The van der Waals surface area contributed by atoms with Gasteiger partial charge in [0.2, 0.25) is 11.6 Å². The number of aliphatic hydroxyl groups excluding tert-OH is 3. The topological polar surface area (TPSA) is 164 Å². The second-order valence-electron chi connectivity index (χ2n) is 3.80. The normalized spacial score (nSPS) is 31.7. The highest BCUT2D eigenvalue weighted by Gasteiger charge is 2.45. The molecule has 2 rings (SSSR count). The number of hydrogen-bond donors (Lipinski definition) is 5. The maximum absolute atomic E-state index is 10.9. The molecule has 100 valence electrons. The molecule has 0 aliphatic carbocycles. The van der Waals surface area contributed by atoms with Gasteiger partial charge in [-0.15, -0.1) is 5.10 Å². The maximum Gasteiger partial charge on any atom is 0.274 e. The Morgan fingerprint density at radius 1 is 1.44 bits per heavy atom. The monoisotopic (exact) mass is 260 g/mol. The summed E-state index contributed by atoms with van der Waals surface area (Å²) in [6.07, 6.45) is -5.07. The van der Waals surface area contributed by atoms with E-state index in [1.165, 1.54) is 0 Å². The number of carbonyl (C=O) groups is 1. The number of aliphatic hydroxyl groups is 3. The van der Waals surface area contributed by atoms with E-state index in [4.69, 9.17) is 15.6 Å². The van der Waals surface area contributed by atoms with Crippen LogP contribution in [-0.2, 0) is 4.74 Å². The molecule has 10 heteroatoms. The number of aromatic hydroxyl groups is 1. The second kappa shape index (κ2) is 4.49. The zero-order chi connectivity index (χ0) is 13.4. The largest absolute Gasteiger partial charge is 0.492 e. The smallest absolute Gasteiger partial charge is 0.274 e. The Labute approximate surface area is 100 Å². The minimum atomic E-state index is -1.43.